The SMILES string of the molecule is COC1(CC(=NC2CCCC2)NN)CCC1. The second kappa shape index (κ2) is 5.15. The van der Waals surface area contributed by atoms with Crippen LogP contribution in [-0.4, -0.2) is 24.6 Å². The number of nitrogens with zero attached hydrogens (tertiary/aromatic N) is 1. The summed E-state index contributed by atoms with van der Waals surface area (Å²) in [6, 6.07) is 0.486. The van der Waals surface area contributed by atoms with Crippen LogP contribution in [0.5, 0.6) is 0 Å². The lowest BCUT2D eigenvalue weighted by Crippen LogP contribution is -2.45. The van der Waals surface area contributed by atoms with Gasteiger partial charge in [0.25, 0.3) is 0 Å². The highest BCUT2D eigenvalue weighted by molar-refractivity contribution is 5.82. The predicted molar refractivity (Wildman–Crippen MR) is 65.2 cm³/mol. The number of methoxy groups -OCH3 is 1. The molecule has 92 valence electrons. The first-order valence-corrected chi connectivity index (χ1v) is 6.36. The highest BCUT2D eigenvalue weighted by atomic mass is 16.5. The monoisotopic (exact) mass is 225 g/mol. The fourth-order valence-electron chi connectivity index (χ4n) is 2.72. The van der Waals surface area contributed by atoms with E-state index in [0.717, 1.165) is 25.1 Å². The van der Waals surface area contributed by atoms with E-state index in [1.165, 1.54) is 32.1 Å². The van der Waals surface area contributed by atoms with Gasteiger partial charge in [-0.05, 0) is 32.1 Å². The maximum absolute atomic E-state index is 5.59. The van der Waals surface area contributed by atoms with Gasteiger partial charge in [0.15, 0.2) is 0 Å². The van der Waals surface area contributed by atoms with Gasteiger partial charge in [-0.1, -0.05) is 12.8 Å². The van der Waals surface area contributed by atoms with Crippen LogP contribution in [0.2, 0.25) is 0 Å². The summed E-state index contributed by atoms with van der Waals surface area (Å²) in [6.45, 7) is 0. The summed E-state index contributed by atoms with van der Waals surface area (Å²) >= 11 is 0. The number of nitrogens with two attached hydrogens (primary N) is 1. The summed E-state index contributed by atoms with van der Waals surface area (Å²) in [6.07, 6.45) is 9.41. The molecule has 0 atom stereocenters. The average molecular weight is 225 g/mol. The molecule has 16 heavy (non-hydrogen) atoms. The standard InChI is InChI=1S/C12H23N3O/c1-16-12(7-4-8-12)9-11(15-13)14-10-5-2-3-6-10/h10H,2-9,13H2,1H3,(H,14,15). The molecule has 0 unspecified atom stereocenters. The van der Waals surface area contributed by atoms with Gasteiger partial charge in [0.05, 0.1) is 11.6 Å². The van der Waals surface area contributed by atoms with E-state index in [9.17, 15) is 0 Å². The number of amidine groups is 1. The van der Waals surface area contributed by atoms with Crippen LogP contribution >= 0.6 is 0 Å². The van der Waals surface area contributed by atoms with Gasteiger partial charge in [-0.3, -0.25) is 4.99 Å². The molecular formula is C12H23N3O. The van der Waals surface area contributed by atoms with Gasteiger partial charge in [0.1, 0.15) is 5.84 Å². The molecule has 0 aromatic rings. The predicted octanol–water partition coefficient (Wildman–Crippen LogP) is 1.75. The van der Waals surface area contributed by atoms with Gasteiger partial charge in [0.2, 0.25) is 0 Å². The highest BCUT2D eigenvalue weighted by Crippen LogP contribution is 2.38. The molecule has 0 aromatic carbocycles. The molecule has 0 radical (unpaired) electrons. The molecule has 2 saturated carbocycles. The summed E-state index contributed by atoms with van der Waals surface area (Å²) in [5.74, 6) is 6.48. The molecule has 4 nitrogen and oxygen atoms in total. The van der Waals surface area contributed by atoms with Crippen molar-refractivity contribution in [2.45, 2.75) is 63.0 Å². The van der Waals surface area contributed by atoms with E-state index in [1.807, 2.05) is 0 Å². The van der Waals surface area contributed by atoms with Crippen molar-refractivity contribution in [1.82, 2.24) is 5.43 Å². The van der Waals surface area contributed by atoms with Crippen LogP contribution in [0.15, 0.2) is 4.99 Å². The minimum Gasteiger partial charge on any atom is -0.378 e. The first-order valence-electron chi connectivity index (χ1n) is 6.36. The van der Waals surface area contributed by atoms with Crippen molar-refractivity contribution < 1.29 is 4.74 Å². The topological polar surface area (TPSA) is 59.6 Å². The number of hydrogen-bond donors (Lipinski definition) is 2. The van der Waals surface area contributed by atoms with Crippen molar-refractivity contribution >= 4 is 5.84 Å². The quantitative estimate of drug-likeness (QED) is 0.332. The molecule has 0 saturated heterocycles. The lowest BCUT2D eigenvalue weighted by molar-refractivity contribution is -0.0658. The summed E-state index contributed by atoms with van der Waals surface area (Å²) < 4.78 is 5.59. The fourth-order valence-corrected chi connectivity index (χ4v) is 2.72. The van der Waals surface area contributed by atoms with Gasteiger partial charge < -0.3 is 10.2 Å². The maximum Gasteiger partial charge on any atom is 0.113 e. The molecule has 0 spiro atoms. The van der Waals surface area contributed by atoms with Crippen LogP contribution in [0.1, 0.15) is 51.4 Å². The van der Waals surface area contributed by atoms with Crippen LogP contribution in [0.3, 0.4) is 0 Å². The molecule has 2 rings (SSSR count). The lowest BCUT2D eigenvalue weighted by atomic mass is 9.77. The van der Waals surface area contributed by atoms with Crippen molar-refractivity contribution in [3.63, 3.8) is 0 Å². The first-order chi connectivity index (χ1) is 7.78. The van der Waals surface area contributed by atoms with Crippen LogP contribution in [0, 0.1) is 0 Å². The Morgan fingerprint density at radius 2 is 2.06 bits per heavy atom. The Bertz CT molecular complexity index is 249. The summed E-state index contributed by atoms with van der Waals surface area (Å²) in [4.78, 5) is 4.71. The summed E-state index contributed by atoms with van der Waals surface area (Å²) in [5.41, 5.74) is 2.77. The normalized spacial score (nSPS) is 25.5. The number of rotatable bonds is 4. The molecule has 0 bridgehead atoms. The average Bonchev–Trinajstić information content (AvgIpc) is 2.74. The molecular weight excluding hydrogens is 202 g/mol. The Morgan fingerprint density at radius 1 is 1.38 bits per heavy atom. The first kappa shape index (κ1) is 11.9. The van der Waals surface area contributed by atoms with E-state index in [2.05, 4.69) is 5.43 Å². The zero-order chi connectivity index (χ0) is 11.4. The number of aliphatic imine (C=N–C) groups is 1. The molecule has 0 heterocycles. The Morgan fingerprint density at radius 3 is 2.50 bits per heavy atom. The number of nitrogens with one attached hydrogen (secondary N) is 1. The van der Waals surface area contributed by atoms with Gasteiger partial charge in [-0.15, -0.1) is 0 Å². The molecule has 2 aliphatic carbocycles. The Kier molecular flexibility index (Phi) is 3.82. The molecule has 0 aliphatic heterocycles. The van der Waals surface area contributed by atoms with Gasteiger partial charge in [-0.2, -0.15) is 0 Å². The van der Waals surface area contributed by atoms with Crippen molar-refractivity contribution in [3.8, 4) is 0 Å². The zero-order valence-electron chi connectivity index (χ0n) is 10.2. The zero-order valence-corrected chi connectivity index (χ0v) is 10.2. The van der Waals surface area contributed by atoms with Crippen molar-refractivity contribution in [2.24, 2.45) is 10.8 Å². The van der Waals surface area contributed by atoms with Crippen LogP contribution in [-0.2, 0) is 4.74 Å². The number of hydrazine groups is 1. The summed E-state index contributed by atoms with van der Waals surface area (Å²) in [7, 11) is 1.79. The third-order valence-electron chi connectivity index (χ3n) is 4.02. The minimum absolute atomic E-state index is 0.0177. The van der Waals surface area contributed by atoms with Crippen LogP contribution < -0.4 is 11.3 Å². The molecule has 2 aliphatic rings. The smallest absolute Gasteiger partial charge is 0.113 e. The second-order valence-electron chi connectivity index (χ2n) is 5.08. The molecule has 2 fully saturated rings. The van der Waals surface area contributed by atoms with Gasteiger partial charge in [-0.25, -0.2) is 5.84 Å². The molecule has 0 aromatic heterocycles. The molecule has 3 N–H and O–H groups in total. The van der Waals surface area contributed by atoms with E-state index in [1.54, 1.807) is 7.11 Å². The fraction of sp³-hybridized carbons (Fsp3) is 0.917. The summed E-state index contributed by atoms with van der Waals surface area (Å²) in [5, 5.41) is 0. The molecule has 4 heteroatoms. The van der Waals surface area contributed by atoms with Crippen LogP contribution in [0.4, 0.5) is 0 Å². The molecule has 0 amide bonds. The van der Waals surface area contributed by atoms with E-state index >= 15 is 0 Å². The minimum atomic E-state index is 0.0177. The van der Waals surface area contributed by atoms with E-state index in [4.69, 9.17) is 15.6 Å². The Balaban J connectivity index is 1.93. The van der Waals surface area contributed by atoms with Gasteiger partial charge >= 0.3 is 0 Å². The third kappa shape index (κ3) is 2.55. The largest absolute Gasteiger partial charge is 0.378 e. The Labute approximate surface area is 97.6 Å². The van der Waals surface area contributed by atoms with Crippen molar-refractivity contribution in [2.75, 3.05) is 7.11 Å². The van der Waals surface area contributed by atoms with E-state index < -0.39 is 0 Å². The van der Waals surface area contributed by atoms with Crippen molar-refractivity contribution in [3.05, 3.63) is 0 Å². The van der Waals surface area contributed by atoms with Crippen LogP contribution in [0.25, 0.3) is 0 Å². The second-order valence-corrected chi connectivity index (χ2v) is 5.08. The lowest BCUT2D eigenvalue weighted by Gasteiger charge is -2.40. The van der Waals surface area contributed by atoms with Crippen molar-refractivity contribution in [1.29, 1.82) is 0 Å². The number of ether oxygens (including phenoxy) is 1. The van der Waals surface area contributed by atoms with E-state index in [0.29, 0.717) is 6.04 Å². The number of hydrogen-bond acceptors (Lipinski definition) is 3. The maximum atomic E-state index is 5.59. The third-order valence-corrected chi connectivity index (χ3v) is 4.02. The highest BCUT2D eigenvalue weighted by Gasteiger charge is 2.38. The Hall–Kier alpha value is -0.610. The van der Waals surface area contributed by atoms with E-state index in [-0.39, 0.29) is 5.60 Å². The van der Waals surface area contributed by atoms with Gasteiger partial charge in [0, 0.05) is 13.5 Å².